The summed E-state index contributed by atoms with van der Waals surface area (Å²) in [5.41, 5.74) is 10.2. The molecular weight excluding hydrogens is 254 g/mol. The topological polar surface area (TPSA) is 150 Å². The standard InChI is InChI=1S/C11H13N3O5/c12-6-2-1-3-8(14(18)19)10(6)9(15)5-4-7(13)11(16)17/h1-3,7H,4-5,12-13H2,(H,16,17). The number of nitrogens with two attached hydrogens (primary N) is 2. The molecule has 0 amide bonds. The Morgan fingerprint density at radius 1 is 1.42 bits per heavy atom. The van der Waals surface area contributed by atoms with Crippen LogP contribution < -0.4 is 11.5 Å². The third kappa shape index (κ3) is 3.49. The van der Waals surface area contributed by atoms with Crippen molar-refractivity contribution < 1.29 is 19.6 Å². The van der Waals surface area contributed by atoms with Crippen molar-refractivity contribution in [3.63, 3.8) is 0 Å². The van der Waals surface area contributed by atoms with Crippen molar-refractivity contribution in [2.75, 3.05) is 5.73 Å². The van der Waals surface area contributed by atoms with Crippen LogP contribution in [0.25, 0.3) is 0 Å². The number of carbonyl (C=O) groups excluding carboxylic acids is 1. The van der Waals surface area contributed by atoms with Crippen molar-refractivity contribution in [1.82, 2.24) is 0 Å². The summed E-state index contributed by atoms with van der Waals surface area (Å²) in [6.07, 6.45) is -0.331. The second kappa shape index (κ2) is 5.91. The molecule has 0 heterocycles. The van der Waals surface area contributed by atoms with Crippen LogP contribution in [0.15, 0.2) is 18.2 Å². The molecular formula is C11H13N3O5. The molecule has 0 radical (unpaired) electrons. The Morgan fingerprint density at radius 3 is 2.58 bits per heavy atom. The number of carbonyl (C=O) groups is 2. The molecule has 102 valence electrons. The van der Waals surface area contributed by atoms with Crippen molar-refractivity contribution in [3.8, 4) is 0 Å². The van der Waals surface area contributed by atoms with Crippen LogP contribution in [0.1, 0.15) is 23.2 Å². The first-order chi connectivity index (χ1) is 8.84. The Morgan fingerprint density at radius 2 is 2.05 bits per heavy atom. The van der Waals surface area contributed by atoms with E-state index < -0.39 is 28.4 Å². The summed E-state index contributed by atoms with van der Waals surface area (Å²) >= 11 is 0. The molecule has 1 atom stereocenters. The lowest BCUT2D eigenvalue weighted by atomic mass is 10.0. The minimum atomic E-state index is -1.23. The fourth-order valence-electron chi connectivity index (χ4n) is 1.55. The van der Waals surface area contributed by atoms with Gasteiger partial charge in [-0.15, -0.1) is 0 Å². The average molecular weight is 267 g/mol. The van der Waals surface area contributed by atoms with Crippen LogP contribution in [0, 0.1) is 10.1 Å². The predicted octanol–water partition coefficient (Wildman–Crippen LogP) is 0.552. The van der Waals surface area contributed by atoms with Crippen molar-refractivity contribution in [3.05, 3.63) is 33.9 Å². The van der Waals surface area contributed by atoms with E-state index in [4.69, 9.17) is 16.6 Å². The number of nitro groups is 1. The second-order valence-corrected chi connectivity index (χ2v) is 3.91. The number of hydrogen-bond acceptors (Lipinski definition) is 6. The van der Waals surface area contributed by atoms with Gasteiger partial charge in [0.25, 0.3) is 5.69 Å². The smallest absolute Gasteiger partial charge is 0.320 e. The first-order valence-corrected chi connectivity index (χ1v) is 5.39. The summed E-state index contributed by atoms with van der Waals surface area (Å²) in [6.45, 7) is 0. The second-order valence-electron chi connectivity index (χ2n) is 3.91. The molecule has 0 aliphatic rings. The molecule has 8 nitrogen and oxygen atoms in total. The summed E-state index contributed by atoms with van der Waals surface area (Å²) in [4.78, 5) is 32.5. The van der Waals surface area contributed by atoms with Crippen LogP contribution >= 0.6 is 0 Å². The maximum Gasteiger partial charge on any atom is 0.320 e. The third-order valence-corrected chi connectivity index (χ3v) is 2.55. The highest BCUT2D eigenvalue weighted by Gasteiger charge is 2.23. The lowest BCUT2D eigenvalue weighted by Gasteiger charge is -2.07. The number of nitrogen functional groups attached to an aromatic ring is 1. The first kappa shape index (κ1) is 14.6. The van der Waals surface area contributed by atoms with Crippen molar-refractivity contribution in [1.29, 1.82) is 0 Å². The van der Waals surface area contributed by atoms with E-state index in [2.05, 4.69) is 0 Å². The SMILES string of the molecule is Nc1cccc([N+](=O)[O-])c1C(=O)CCC(N)C(=O)O. The molecule has 1 aromatic rings. The van der Waals surface area contributed by atoms with E-state index in [-0.39, 0.29) is 24.1 Å². The van der Waals surface area contributed by atoms with Gasteiger partial charge in [0.15, 0.2) is 5.78 Å². The van der Waals surface area contributed by atoms with Gasteiger partial charge in [-0.2, -0.15) is 0 Å². The maximum absolute atomic E-state index is 11.9. The zero-order valence-corrected chi connectivity index (χ0v) is 9.91. The Kier molecular flexibility index (Phi) is 4.54. The highest BCUT2D eigenvalue weighted by atomic mass is 16.6. The quantitative estimate of drug-likeness (QED) is 0.295. The van der Waals surface area contributed by atoms with Gasteiger partial charge in [-0.05, 0) is 12.5 Å². The van der Waals surface area contributed by atoms with E-state index in [1.54, 1.807) is 0 Å². The lowest BCUT2D eigenvalue weighted by molar-refractivity contribution is -0.385. The monoisotopic (exact) mass is 267 g/mol. The first-order valence-electron chi connectivity index (χ1n) is 5.39. The highest BCUT2D eigenvalue weighted by Crippen LogP contribution is 2.26. The van der Waals surface area contributed by atoms with Crippen molar-refractivity contribution in [2.45, 2.75) is 18.9 Å². The van der Waals surface area contributed by atoms with Gasteiger partial charge in [0, 0.05) is 18.2 Å². The molecule has 0 fully saturated rings. The van der Waals surface area contributed by atoms with Gasteiger partial charge >= 0.3 is 5.97 Å². The summed E-state index contributed by atoms with van der Waals surface area (Å²) < 4.78 is 0. The van der Waals surface area contributed by atoms with Gasteiger partial charge in [-0.25, -0.2) is 0 Å². The largest absolute Gasteiger partial charge is 0.480 e. The number of benzene rings is 1. The summed E-state index contributed by atoms with van der Waals surface area (Å²) in [6, 6.07) is 2.72. The number of ketones is 1. The summed E-state index contributed by atoms with van der Waals surface area (Å²) in [5, 5.41) is 19.4. The van der Waals surface area contributed by atoms with Gasteiger partial charge in [-0.3, -0.25) is 19.7 Å². The highest BCUT2D eigenvalue weighted by molar-refractivity contribution is 6.04. The minimum absolute atomic E-state index is 0.0110. The van der Waals surface area contributed by atoms with Crippen LogP contribution in [0.3, 0.4) is 0 Å². The molecule has 0 saturated heterocycles. The van der Waals surface area contributed by atoms with Gasteiger partial charge in [-0.1, -0.05) is 6.07 Å². The number of nitro benzene ring substituents is 1. The fraction of sp³-hybridized carbons (Fsp3) is 0.273. The Hall–Kier alpha value is -2.48. The van der Waals surface area contributed by atoms with Gasteiger partial charge < -0.3 is 16.6 Å². The normalized spacial score (nSPS) is 11.8. The Balaban J connectivity index is 2.94. The number of hydrogen-bond donors (Lipinski definition) is 3. The van der Waals surface area contributed by atoms with Crippen LogP contribution in [-0.2, 0) is 4.79 Å². The molecule has 8 heteroatoms. The number of anilines is 1. The van der Waals surface area contributed by atoms with Crippen LogP contribution in [-0.4, -0.2) is 27.8 Å². The fourth-order valence-corrected chi connectivity index (χ4v) is 1.55. The van der Waals surface area contributed by atoms with Crippen molar-refractivity contribution in [2.24, 2.45) is 5.73 Å². The molecule has 0 saturated carbocycles. The van der Waals surface area contributed by atoms with E-state index in [0.717, 1.165) is 0 Å². The number of carboxylic acid groups (broad SMARTS) is 1. The molecule has 0 aromatic heterocycles. The summed E-state index contributed by atoms with van der Waals surface area (Å²) in [5.74, 6) is -1.83. The van der Waals surface area contributed by atoms with Crippen LogP contribution in [0.5, 0.6) is 0 Å². The van der Waals surface area contributed by atoms with Gasteiger partial charge in [0.2, 0.25) is 0 Å². The molecule has 1 aromatic carbocycles. The van der Waals surface area contributed by atoms with Crippen LogP contribution in [0.2, 0.25) is 0 Å². The number of carboxylic acids is 1. The number of rotatable bonds is 6. The molecule has 5 N–H and O–H groups in total. The molecule has 1 unspecified atom stereocenters. The van der Waals surface area contributed by atoms with E-state index in [1.807, 2.05) is 0 Å². The Labute approximate surface area is 108 Å². The zero-order valence-electron chi connectivity index (χ0n) is 9.91. The van der Waals surface area contributed by atoms with E-state index in [1.165, 1.54) is 18.2 Å². The number of Topliss-reactive ketones (excluding diaryl/α,β-unsaturated/α-hetero) is 1. The molecule has 0 spiro atoms. The number of aliphatic carboxylic acids is 1. The van der Waals surface area contributed by atoms with Crippen molar-refractivity contribution >= 4 is 23.1 Å². The van der Waals surface area contributed by atoms with E-state index in [0.29, 0.717) is 0 Å². The van der Waals surface area contributed by atoms with E-state index in [9.17, 15) is 19.7 Å². The minimum Gasteiger partial charge on any atom is -0.480 e. The average Bonchev–Trinajstić information content (AvgIpc) is 2.34. The van der Waals surface area contributed by atoms with Crippen LogP contribution in [0.4, 0.5) is 11.4 Å². The molecule has 1 rings (SSSR count). The molecule has 19 heavy (non-hydrogen) atoms. The molecule has 0 bridgehead atoms. The third-order valence-electron chi connectivity index (χ3n) is 2.55. The van der Waals surface area contributed by atoms with Gasteiger partial charge in [0.05, 0.1) is 4.92 Å². The van der Waals surface area contributed by atoms with Gasteiger partial charge in [0.1, 0.15) is 11.6 Å². The Bertz CT molecular complexity index is 529. The zero-order chi connectivity index (χ0) is 14.6. The number of nitrogens with zero attached hydrogens (tertiary/aromatic N) is 1. The predicted molar refractivity (Wildman–Crippen MR) is 66.7 cm³/mol. The molecule has 0 aliphatic carbocycles. The lowest BCUT2D eigenvalue weighted by Crippen LogP contribution is -2.30. The molecule has 0 aliphatic heterocycles. The summed E-state index contributed by atoms with van der Waals surface area (Å²) in [7, 11) is 0. The van der Waals surface area contributed by atoms with E-state index >= 15 is 0 Å². The maximum atomic E-state index is 11.9.